The maximum absolute atomic E-state index is 6.30. The maximum atomic E-state index is 6.30. The summed E-state index contributed by atoms with van der Waals surface area (Å²) in [5.41, 5.74) is 8.90. The zero-order valence-corrected chi connectivity index (χ0v) is 9.37. The van der Waals surface area contributed by atoms with Gasteiger partial charge < -0.3 is 5.73 Å². The number of hydrogen-bond acceptors (Lipinski definition) is 2. The molecule has 2 aliphatic rings. The van der Waals surface area contributed by atoms with E-state index in [0.717, 1.165) is 11.6 Å². The molecule has 0 saturated carbocycles. The molecule has 2 unspecified atom stereocenters. The Hall–Kier alpha value is -0.570. The molecule has 0 radical (unpaired) electrons. The van der Waals surface area contributed by atoms with Crippen molar-refractivity contribution >= 4 is 11.6 Å². The summed E-state index contributed by atoms with van der Waals surface area (Å²) in [6, 6.07) is 6.83. The molecular formula is C12H15ClN2. The van der Waals surface area contributed by atoms with E-state index in [-0.39, 0.29) is 6.04 Å². The van der Waals surface area contributed by atoms with Crippen LogP contribution in [0.4, 0.5) is 0 Å². The Morgan fingerprint density at radius 1 is 1.40 bits per heavy atom. The maximum Gasteiger partial charge on any atom is 0.0456 e. The first kappa shape index (κ1) is 9.64. The second kappa shape index (κ2) is 3.48. The quantitative estimate of drug-likeness (QED) is 0.730. The van der Waals surface area contributed by atoms with Crippen LogP contribution in [0.15, 0.2) is 18.2 Å². The summed E-state index contributed by atoms with van der Waals surface area (Å²) >= 11 is 6.01. The number of fused-ring (bicyclic) bond motifs is 2. The smallest absolute Gasteiger partial charge is 0.0456 e. The Labute approximate surface area is 95.0 Å². The van der Waals surface area contributed by atoms with Gasteiger partial charge in [-0.3, -0.25) is 4.90 Å². The second-order valence-electron chi connectivity index (χ2n) is 4.55. The van der Waals surface area contributed by atoms with E-state index in [2.05, 4.69) is 17.0 Å². The Balaban J connectivity index is 2.04. The molecule has 0 aromatic heterocycles. The van der Waals surface area contributed by atoms with E-state index >= 15 is 0 Å². The number of nitrogens with zero attached hydrogens (tertiary/aromatic N) is 1. The number of halogens is 1. The summed E-state index contributed by atoms with van der Waals surface area (Å²) in [5, 5.41) is 0.818. The predicted octanol–water partition coefficient (Wildman–Crippen LogP) is 2.32. The van der Waals surface area contributed by atoms with Crippen LogP contribution in [0.2, 0.25) is 5.02 Å². The van der Waals surface area contributed by atoms with Crippen molar-refractivity contribution in [2.24, 2.45) is 5.73 Å². The predicted molar refractivity (Wildman–Crippen MR) is 61.8 cm³/mol. The van der Waals surface area contributed by atoms with E-state index < -0.39 is 0 Å². The van der Waals surface area contributed by atoms with Crippen molar-refractivity contribution in [2.75, 3.05) is 6.54 Å². The minimum absolute atomic E-state index is 0.175. The van der Waals surface area contributed by atoms with Gasteiger partial charge in [0.05, 0.1) is 0 Å². The average Bonchev–Trinajstić information content (AvgIpc) is 2.65. The van der Waals surface area contributed by atoms with Crippen molar-refractivity contribution in [3.8, 4) is 0 Å². The Kier molecular flexibility index (Phi) is 2.23. The van der Waals surface area contributed by atoms with Gasteiger partial charge in [0.1, 0.15) is 0 Å². The molecule has 2 nitrogen and oxygen atoms in total. The highest BCUT2D eigenvalue weighted by Crippen LogP contribution is 2.36. The lowest BCUT2D eigenvalue weighted by atomic mass is 9.90. The van der Waals surface area contributed by atoms with Gasteiger partial charge in [0.15, 0.2) is 0 Å². The Morgan fingerprint density at radius 3 is 3.13 bits per heavy atom. The summed E-state index contributed by atoms with van der Waals surface area (Å²) in [7, 11) is 0. The average molecular weight is 223 g/mol. The van der Waals surface area contributed by atoms with Crippen LogP contribution < -0.4 is 5.73 Å². The number of benzene rings is 1. The van der Waals surface area contributed by atoms with Crippen LogP contribution in [0.1, 0.15) is 30.0 Å². The van der Waals surface area contributed by atoms with Crippen molar-refractivity contribution in [3.05, 3.63) is 34.3 Å². The molecule has 0 spiro atoms. The molecule has 1 aromatic carbocycles. The van der Waals surface area contributed by atoms with Crippen LogP contribution in [0.5, 0.6) is 0 Å². The molecule has 3 heteroatoms. The fourth-order valence-electron chi connectivity index (χ4n) is 2.92. The van der Waals surface area contributed by atoms with E-state index in [1.54, 1.807) is 0 Å². The summed E-state index contributed by atoms with van der Waals surface area (Å²) in [4.78, 5) is 2.49. The molecule has 1 saturated heterocycles. The third kappa shape index (κ3) is 1.48. The molecule has 1 fully saturated rings. The highest BCUT2D eigenvalue weighted by molar-refractivity contribution is 6.30. The van der Waals surface area contributed by atoms with Gasteiger partial charge in [-0.15, -0.1) is 0 Å². The number of nitrogens with two attached hydrogens (primary N) is 1. The largest absolute Gasteiger partial charge is 0.323 e. The molecule has 0 aliphatic carbocycles. The van der Waals surface area contributed by atoms with Gasteiger partial charge in [-0.2, -0.15) is 0 Å². The third-order valence-corrected chi connectivity index (χ3v) is 3.90. The number of rotatable bonds is 0. The van der Waals surface area contributed by atoms with Crippen LogP contribution >= 0.6 is 11.6 Å². The summed E-state index contributed by atoms with van der Waals surface area (Å²) in [6.07, 6.45) is 2.52. The van der Waals surface area contributed by atoms with Crippen LogP contribution in [-0.4, -0.2) is 17.5 Å². The SMILES string of the molecule is NC1c2ccc(Cl)cc2CN2CCCC12. The third-order valence-electron chi connectivity index (χ3n) is 3.67. The second-order valence-corrected chi connectivity index (χ2v) is 4.99. The van der Waals surface area contributed by atoms with Gasteiger partial charge in [0.25, 0.3) is 0 Å². The van der Waals surface area contributed by atoms with Crippen LogP contribution in [0.25, 0.3) is 0 Å². The molecule has 80 valence electrons. The minimum atomic E-state index is 0.175. The topological polar surface area (TPSA) is 29.3 Å². The molecule has 1 aromatic rings. The van der Waals surface area contributed by atoms with E-state index in [1.807, 2.05) is 6.07 Å². The van der Waals surface area contributed by atoms with Crippen LogP contribution in [0, 0.1) is 0 Å². The monoisotopic (exact) mass is 222 g/mol. The van der Waals surface area contributed by atoms with Gasteiger partial charge in [-0.1, -0.05) is 17.7 Å². The first-order valence-electron chi connectivity index (χ1n) is 5.53. The fraction of sp³-hybridized carbons (Fsp3) is 0.500. The molecule has 2 atom stereocenters. The highest BCUT2D eigenvalue weighted by atomic mass is 35.5. The van der Waals surface area contributed by atoms with Gasteiger partial charge in [-0.05, 0) is 42.6 Å². The molecule has 0 bridgehead atoms. The van der Waals surface area contributed by atoms with Crippen molar-refractivity contribution in [2.45, 2.75) is 31.5 Å². The molecule has 2 aliphatic heterocycles. The summed E-state index contributed by atoms with van der Waals surface area (Å²) < 4.78 is 0. The van der Waals surface area contributed by atoms with Gasteiger partial charge in [0, 0.05) is 23.7 Å². The molecule has 2 heterocycles. The zero-order chi connectivity index (χ0) is 10.4. The van der Waals surface area contributed by atoms with E-state index in [0.29, 0.717) is 6.04 Å². The van der Waals surface area contributed by atoms with Crippen molar-refractivity contribution in [3.63, 3.8) is 0 Å². The summed E-state index contributed by atoms with van der Waals surface area (Å²) in [6.45, 7) is 2.21. The lowest BCUT2D eigenvalue weighted by molar-refractivity contribution is 0.197. The van der Waals surface area contributed by atoms with Crippen molar-refractivity contribution < 1.29 is 0 Å². The molecule has 3 rings (SSSR count). The molecule has 15 heavy (non-hydrogen) atoms. The van der Waals surface area contributed by atoms with Gasteiger partial charge in [0.2, 0.25) is 0 Å². The van der Waals surface area contributed by atoms with Gasteiger partial charge in [-0.25, -0.2) is 0 Å². The first-order valence-corrected chi connectivity index (χ1v) is 5.91. The van der Waals surface area contributed by atoms with Gasteiger partial charge >= 0.3 is 0 Å². The lowest BCUT2D eigenvalue weighted by Gasteiger charge is -2.36. The lowest BCUT2D eigenvalue weighted by Crippen LogP contribution is -2.42. The van der Waals surface area contributed by atoms with Crippen molar-refractivity contribution in [1.29, 1.82) is 0 Å². The molecular weight excluding hydrogens is 208 g/mol. The van der Waals surface area contributed by atoms with E-state index in [9.17, 15) is 0 Å². The summed E-state index contributed by atoms with van der Waals surface area (Å²) in [5.74, 6) is 0. The van der Waals surface area contributed by atoms with E-state index in [1.165, 1.54) is 30.5 Å². The van der Waals surface area contributed by atoms with Crippen LogP contribution in [0.3, 0.4) is 0 Å². The normalized spacial score (nSPS) is 30.0. The zero-order valence-electron chi connectivity index (χ0n) is 8.62. The molecule has 0 amide bonds. The highest BCUT2D eigenvalue weighted by Gasteiger charge is 2.35. The van der Waals surface area contributed by atoms with Crippen molar-refractivity contribution in [1.82, 2.24) is 4.90 Å². The molecule has 2 N–H and O–H groups in total. The number of hydrogen-bond donors (Lipinski definition) is 1. The van der Waals surface area contributed by atoms with E-state index in [4.69, 9.17) is 17.3 Å². The first-order chi connectivity index (χ1) is 7.25. The Morgan fingerprint density at radius 2 is 2.27 bits per heavy atom. The Bertz CT molecular complexity index is 391. The fourth-order valence-corrected chi connectivity index (χ4v) is 3.11. The van der Waals surface area contributed by atoms with Crippen LogP contribution in [-0.2, 0) is 6.54 Å². The standard InChI is InChI=1S/C12H15ClN2/c13-9-3-4-10-8(6-9)7-15-5-1-2-11(15)12(10)14/h3-4,6,11-12H,1-2,5,7,14H2. The minimum Gasteiger partial charge on any atom is -0.323 e.